The van der Waals surface area contributed by atoms with Crippen LogP contribution in [0.1, 0.15) is 78.1 Å². The van der Waals surface area contributed by atoms with E-state index in [2.05, 4.69) is 6.92 Å². The van der Waals surface area contributed by atoms with Crippen LogP contribution in [-0.4, -0.2) is 12.6 Å². The van der Waals surface area contributed by atoms with E-state index in [1.54, 1.807) is 13.0 Å². The van der Waals surface area contributed by atoms with E-state index in [0.717, 1.165) is 12.8 Å². The molecule has 0 aromatic rings. The Bertz CT molecular complexity index is 249. The van der Waals surface area contributed by atoms with E-state index in [4.69, 9.17) is 10.5 Å². The Kier molecular flexibility index (Phi) is 12.7. The van der Waals surface area contributed by atoms with Gasteiger partial charge in [-0.3, -0.25) is 0 Å². The van der Waals surface area contributed by atoms with Crippen LogP contribution < -0.4 is 5.73 Å². The molecule has 3 nitrogen and oxygen atoms in total. The Labute approximate surface area is 118 Å². The van der Waals surface area contributed by atoms with Crippen molar-refractivity contribution in [3.05, 3.63) is 11.8 Å². The van der Waals surface area contributed by atoms with Gasteiger partial charge in [-0.2, -0.15) is 0 Å². The topological polar surface area (TPSA) is 52.3 Å². The fourth-order valence-corrected chi connectivity index (χ4v) is 1.96. The van der Waals surface area contributed by atoms with Gasteiger partial charge in [0.2, 0.25) is 0 Å². The highest BCUT2D eigenvalue weighted by Gasteiger charge is 2.04. The lowest BCUT2D eigenvalue weighted by molar-refractivity contribution is -0.139. The van der Waals surface area contributed by atoms with Crippen molar-refractivity contribution in [1.82, 2.24) is 0 Å². The minimum Gasteiger partial charge on any atom is -0.461 e. The first kappa shape index (κ1) is 18.0. The molecule has 0 aromatic carbocycles. The molecule has 19 heavy (non-hydrogen) atoms. The molecule has 0 unspecified atom stereocenters. The molecule has 0 rings (SSSR count). The molecule has 0 heterocycles. The Balaban J connectivity index is 3.17. The van der Waals surface area contributed by atoms with Crippen molar-refractivity contribution >= 4 is 5.97 Å². The van der Waals surface area contributed by atoms with Gasteiger partial charge in [-0.25, -0.2) is 4.79 Å². The molecule has 0 aliphatic heterocycles. The summed E-state index contributed by atoms with van der Waals surface area (Å²) in [6, 6.07) is 0. The molecule has 2 N–H and O–H groups in total. The van der Waals surface area contributed by atoms with Gasteiger partial charge in [0.15, 0.2) is 0 Å². The molecule has 0 saturated heterocycles. The molecule has 0 aliphatic carbocycles. The average Bonchev–Trinajstić information content (AvgIpc) is 2.43. The van der Waals surface area contributed by atoms with Gasteiger partial charge in [0.1, 0.15) is 5.70 Å². The average molecular weight is 269 g/mol. The van der Waals surface area contributed by atoms with E-state index in [1.807, 2.05) is 0 Å². The Morgan fingerprint density at radius 2 is 1.42 bits per heavy atom. The number of hydrogen-bond donors (Lipinski definition) is 1. The van der Waals surface area contributed by atoms with Crippen LogP contribution in [0.15, 0.2) is 11.8 Å². The van der Waals surface area contributed by atoms with Gasteiger partial charge >= 0.3 is 5.97 Å². The first-order valence-corrected chi connectivity index (χ1v) is 7.81. The molecule has 0 amide bonds. The highest BCUT2D eigenvalue weighted by atomic mass is 16.5. The van der Waals surface area contributed by atoms with E-state index in [1.165, 1.54) is 51.4 Å². The summed E-state index contributed by atoms with van der Waals surface area (Å²) in [7, 11) is 0. The summed E-state index contributed by atoms with van der Waals surface area (Å²) in [6.45, 7) is 4.47. The SMILES string of the molecule is CC=C(N)C(=O)OCCCCCCCCCCCC. The fourth-order valence-electron chi connectivity index (χ4n) is 1.96. The zero-order valence-electron chi connectivity index (χ0n) is 12.7. The molecule has 112 valence electrons. The van der Waals surface area contributed by atoms with Crippen LogP contribution in [0, 0.1) is 0 Å². The van der Waals surface area contributed by atoms with Gasteiger partial charge in [0.05, 0.1) is 6.61 Å². The molecular weight excluding hydrogens is 238 g/mol. The zero-order chi connectivity index (χ0) is 14.3. The van der Waals surface area contributed by atoms with E-state index in [0.29, 0.717) is 6.61 Å². The van der Waals surface area contributed by atoms with E-state index < -0.39 is 5.97 Å². The Morgan fingerprint density at radius 1 is 0.947 bits per heavy atom. The molecule has 0 radical (unpaired) electrons. The number of carbonyl (C=O) groups is 1. The maximum atomic E-state index is 11.2. The third kappa shape index (κ3) is 11.8. The van der Waals surface area contributed by atoms with E-state index >= 15 is 0 Å². The van der Waals surface area contributed by atoms with Crippen molar-refractivity contribution in [3.63, 3.8) is 0 Å². The quantitative estimate of drug-likeness (QED) is 0.326. The maximum absolute atomic E-state index is 11.2. The Morgan fingerprint density at radius 3 is 1.89 bits per heavy atom. The number of allylic oxidation sites excluding steroid dienone is 1. The van der Waals surface area contributed by atoms with Crippen molar-refractivity contribution in [3.8, 4) is 0 Å². The second-order valence-electron chi connectivity index (χ2n) is 5.06. The van der Waals surface area contributed by atoms with Crippen LogP contribution >= 0.6 is 0 Å². The molecule has 3 heteroatoms. The lowest BCUT2D eigenvalue weighted by Crippen LogP contribution is -2.15. The first-order chi connectivity index (χ1) is 9.22. The fraction of sp³-hybridized carbons (Fsp3) is 0.812. The van der Waals surface area contributed by atoms with E-state index in [9.17, 15) is 4.79 Å². The van der Waals surface area contributed by atoms with Gasteiger partial charge in [0.25, 0.3) is 0 Å². The number of ether oxygens (including phenoxy) is 1. The van der Waals surface area contributed by atoms with Crippen molar-refractivity contribution in [2.75, 3.05) is 6.61 Å². The Hall–Kier alpha value is -0.990. The molecule has 0 aromatic heterocycles. The van der Waals surface area contributed by atoms with Crippen molar-refractivity contribution < 1.29 is 9.53 Å². The second-order valence-corrected chi connectivity index (χ2v) is 5.06. The standard InChI is InChI=1S/C16H31NO2/c1-3-5-6-7-8-9-10-11-12-13-14-19-16(18)15(17)4-2/h4H,3,5-14,17H2,1-2H3. The monoisotopic (exact) mass is 269 g/mol. The van der Waals surface area contributed by atoms with Crippen molar-refractivity contribution in [2.45, 2.75) is 78.1 Å². The molecule has 0 bridgehead atoms. The van der Waals surface area contributed by atoms with Gasteiger partial charge in [0, 0.05) is 0 Å². The lowest BCUT2D eigenvalue weighted by Gasteiger charge is -2.04. The van der Waals surface area contributed by atoms with Gasteiger partial charge in [-0.05, 0) is 13.3 Å². The minimum atomic E-state index is -0.390. The van der Waals surface area contributed by atoms with Crippen LogP contribution in [0.5, 0.6) is 0 Å². The molecule has 0 saturated carbocycles. The number of esters is 1. The van der Waals surface area contributed by atoms with Crippen LogP contribution in [-0.2, 0) is 9.53 Å². The van der Waals surface area contributed by atoms with Crippen LogP contribution in [0.25, 0.3) is 0 Å². The summed E-state index contributed by atoms with van der Waals surface area (Å²) in [4.78, 5) is 11.2. The van der Waals surface area contributed by atoms with Crippen LogP contribution in [0.3, 0.4) is 0 Å². The second kappa shape index (κ2) is 13.4. The molecule has 0 fully saturated rings. The summed E-state index contributed by atoms with van der Waals surface area (Å²) in [6.07, 6.45) is 14.4. The molecule has 0 atom stereocenters. The van der Waals surface area contributed by atoms with Crippen LogP contribution in [0.4, 0.5) is 0 Å². The number of carbonyl (C=O) groups excluding carboxylic acids is 1. The van der Waals surface area contributed by atoms with Gasteiger partial charge in [-0.1, -0.05) is 70.8 Å². The molecule has 0 aliphatic rings. The van der Waals surface area contributed by atoms with Crippen molar-refractivity contribution in [2.24, 2.45) is 5.73 Å². The summed E-state index contributed by atoms with van der Waals surface area (Å²) in [5, 5.41) is 0. The molecular formula is C16H31NO2. The summed E-state index contributed by atoms with van der Waals surface area (Å²) in [5.74, 6) is -0.390. The zero-order valence-corrected chi connectivity index (χ0v) is 12.7. The number of rotatable bonds is 12. The highest BCUT2D eigenvalue weighted by molar-refractivity contribution is 5.87. The summed E-state index contributed by atoms with van der Waals surface area (Å²) >= 11 is 0. The van der Waals surface area contributed by atoms with Gasteiger partial charge in [-0.15, -0.1) is 0 Å². The maximum Gasteiger partial charge on any atom is 0.353 e. The van der Waals surface area contributed by atoms with Crippen LogP contribution in [0.2, 0.25) is 0 Å². The highest BCUT2D eigenvalue weighted by Crippen LogP contribution is 2.10. The third-order valence-electron chi connectivity index (χ3n) is 3.28. The normalized spacial score (nSPS) is 11.6. The van der Waals surface area contributed by atoms with Gasteiger partial charge < -0.3 is 10.5 Å². The minimum absolute atomic E-state index is 0.201. The number of nitrogens with two attached hydrogens (primary N) is 1. The smallest absolute Gasteiger partial charge is 0.353 e. The largest absolute Gasteiger partial charge is 0.461 e. The third-order valence-corrected chi connectivity index (χ3v) is 3.28. The summed E-state index contributed by atoms with van der Waals surface area (Å²) < 4.78 is 5.03. The first-order valence-electron chi connectivity index (χ1n) is 7.81. The molecule has 0 spiro atoms. The predicted octanol–water partition coefficient (Wildman–Crippen LogP) is 4.31. The van der Waals surface area contributed by atoms with E-state index in [-0.39, 0.29) is 5.70 Å². The number of unbranched alkanes of at least 4 members (excludes halogenated alkanes) is 9. The lowest BCUT2D eigenvalue weighted by atomic mass is 10.1. The number of hydrogen-bond acceptors (Lipinski definition) is 3. The van der Waals surface area contributed by atoms with Crippen molar-refractivity contribution in [1.29, 1.82) is 0 Å². The predicted molar refractivity (Wildman–Crippen MR) is 80.7 cm³/mol. The summed E-state index contributed by atoms with van der Waals surface area (Å²) in [5.41, 5.74) is 5.63.